The van der Waals surface area contributed by atoms with Gasteiger partial charge in [-0.15, -0.1) is 0 Å². The summed E-state index contributed by atoms with van der Waals surface area (Å²) < 4.78 is 0.938. The second kappa shape index (κ2) is 5.88. The van der Waals surface area contributed by atoms with Crippen LogP contribution in [0.4, 0.5) is 5.69 Å². The van der Waals surface area contributed by atoms with Gasteiger partial charge in [-0.3, -0.25) is 14.5 Å². The fourth-order valence-electron chi connectivity index (χ4n) is 3.52. The Balaban J connectivity index is 1.94. The molecular formula is C19H19BrN2O2. The number of rotatable bonds is 4. The zero-order valence-electron chi connectivity index (χ0n) is 13.6. The smallest absolute Gasteiger partial charge is 0.261 e. The molecular weight excluding hydrogens is 368 g/mol. The van der Waals surface area contributed by atoms with E-state index in [2.05, 4.69) is 27.8 Å². The van der Waals surface area contributed by atoms with Gasteiger partial charge in [-0.2, -0.15) is 0 Å². The van der Waals surface area contributed by atoms with Gasteiger partial charge in [0, 0.05) is 51.7 Å². The van der Waals surface area contributed by atoms with Crippen LogP contribution in [0.3, 0.4) is 0 Å². The van der Waals surface area contributed by atoms with Gasteiger partial charge in [0.2, 0.25) is 0 Å². The number of hydrogen-bond acceptors (Lipinski definition) is 3. The predicted octanol–water partition coefficient (Wildman–Crippen LogP) is 4.21. The highest BCUT2D eigenvalue weighted by Gasteiger charge is 2.34. The van der Waals surface area contributed by atoms with Crippen molar-refractivity contribution in [2.45, 2.75) is 26.2 Å². The average Bonchev–Trinajstić information content (AvgIpc) is 2.52. The first-order valence-corrected chi connectivity index (χ1v) is 9.29. The van der Waals surface area contributed by atoms with E-state index in [0.717, 1.165) is 46.9 Å². The van der Waals surface area contributed by atoms with Crippen LogP contribution in [0.1, 0.15) is 46.9 Å². The van der Waals surface area contributed by atoms with Gasteiger partial charge in [-0.25, -0.2) is 0 Å². The van der Waals surface area contributed by atoms with Crippen molar-refractivity contribution in [1.82, 2.24) is 4.90 Å². The summed E-state index contributed by atoms with van der Waals surface area (Å²) in [5, 5.41) is 1.79. The summed E-state index contributed by atoms with van der Waals surface area (Å²) in [6.45, 7) is 4.59. The largest absolute Gasteiger partial charge is 0.371 e. The first-order chi connectivity index (χ1) is 11.6. The molecule has 0 bridgehead atoms. The number of benzene rings is 2. The fraction of sp³-hybridized carbons (Fsp3) is 0.368. The molecule has 0 atom stereocenters. The van der Waals surface area contributed by atoms with Crippen molar-refractivity contribution in [3.05, 3.63) is 39.9 Å². The Morgan fingerprint density at radius 1 is 1.00 bits per heavy atom. The van der Waals surface area contributed by atoms with Crippen molar-refractivity contribution in [3.8, 4) is 0 Å². The van der Waals surface area contributed by atoms with E-state index in [-0.39, 0.29) is 11.8 Å². The first kappa shape index (κ1) is 15.6. The molecule has 4 nitrogen and oxygen atoms in total. The third-order valence-corrected chi connectivity index (χ3v) is 5.63. The van der Waals surface area contributed by atoms with Gasteiger partial charge in [0.25, 0.3) is 11.8 Å². The molecule has 1 fully saturated rings. The van der Waals surface area contributed by atoms with Crippen molar-refractivity contribution >= 4 is 44.2 Å². The SMILES string of the molecule is CCCCN1C(=O)c2ccc(Br)c3c(N4CCC4)ccc(c23)C1=O. The van der Waals surface area contributed by atoms with Gasteiger partial charge < -0.3 is 4.90 Å². The Kier molecular flexibility index (Phi) is 3.83. The highest BCUT2D eigenvalue weighted by atomic mass is 79.9. The summed E-state index contributed by atoms with van der Waals surface area (Å²) >= 11 is 3.62. The standard InChI is InChI=1S/C19H19BrN2O2/c1-2-3-11-22-18(23)12-5-7-14(20)17-15(21-9-4-10-21)8-6-13(16(12)17)19(22)24/h5-8H,2-4,9-11H2,1H3. The number of hydrogen-bond donors (Lipinski definition) is 0. The predicted molar refractivity (Wildman–Crippen MR) is 98.8 cm³/mol. The Hall–Kier alpha value is -1.88. The second-order valence-electron chi connectivity index (χ2n) is 6.43. The number of unbranched alkanes of at least 4 members (excludes halogenated alkanes) is 1. The molecule has 4 rings (SSSR count). The summed E-state index contributed by atoms with van der Waals surface area (Å²) in [4.78, 5) is 29.4. The number of amides is 2. The molecule has 0 aromatic heterocycles. The maximum Gasteiger partial charge on any atom is 0.261 e. The Bertz CT molecular complexity index is 836. The summed E-state index contributed by atoms with van der Waals surface area (Å²) in [5.74, 6) is -0.335. The molecule has 124 valence electrons. The van der Waals surface area contributed by atoms with Gasteiger partial charge in [0.15, 0.2) is 0 Å². The molecule has 2 aliphatic heterocycles. The number of carbonyl (C=O) groups excluding carboxylic acids is 2. The highest BCUT2D eigenvalue weighted by Crippen LogP contribution is 2.41. The molecule has 0 aliphatic carbocycles. The maximum atomic E-state index is 12.9. The van der Waals surface area contributed by atoms with E-state index in [1.807, 2.05) is 24.3 Å². The lowest BCUT2D eigenvalue weighted by Crippen LogP contribution is -2.41. The zero-order valence-corrected chi connectivity index (χ0v) is 15.2. The van der Waals surface area contributed by atoms with Crippen LogP contribution in [-0.4, -0.2) is 36.3 Å². The van der Waals surface area contributed by atoms with E-state index in [1.54, 1.807) is 0 Å². The van der Waals surface area contributed by atoms with Crippen LogP contribution < -0.4 is 4.90 Å². The molecule has 0 saturated carbocycles. The molecule has 1 saturated heterocycles. The lowest BCUT2D eigenvalue weighted by Gasteiger charge is -2.36. The number of halogens is 1. The van der Waals surface area contributed by atoms with Crippen LogP contribution in [0, 0.1) is 0 Å². The minimum Gasteiger partial charge on any atom is -0.371 e. The summed E-state index contributed by atoms with van der Waals surface area (Å²) in [5.41, 5.74) is 2.39. The second-order valence-corrected chi connectivity index (χ2v) is 7.29. The molecule has 2 aromatic rings. The van der Waals surface area contributed by atoms with Crippen molar-refractivity contribution in [2.75, 3.05) is 24.5 Å². The average molecular weight is 387 g/mol. The van der Waals surface area contributed by atoms with Crippen LogP contribution in [-0.2, 0) is 0 Å². The molecule has 0 N–H and O–H groups in total. The Morgan fingerprint density at radius 2 is 1.67 bits per heavy atom. The molecule has 2 aromatic carbocycles. The minimum absolute atomic E-state index is 0.167. The maximum absolute atomic E-state index is 12.9. The molecule has 0 unspecified atom stereocenters. The van der Waals surface area contributed by atoms with Crippen LogP contribution in [0.2, 0.25) is 0 Å². The van der Waals surface area contributed by atoms with Gasteiger partial charge in [0.05, 0.1) is 0 Å². The van der Waals surface area contributed by atoms with Crippen LogP contribution in [0.15, 0.2) is 28.7 Å². The molecule has 0 spiro atoms. The van der Waals surface area contributed by atoms with Crippen LogP contribution in [0.25, 0.3) is 10.8 Å². The van der Waals surface area contributed by atoms with Crippen molar-refractivity contribution < 1.29 is 9.59 Å². The Labute approximate surface area is 149 Å². The first-order valence-electron chi connectivity index (χ1n) is 8.50. The van der Waals surface area contributed by atoms with Crippen molar-refractivity contribution in [1.29, 1.82) is 0 Å². The number of carbonyl (C=O) groups is 2. The topological polar surface area (TPSA) is 40.6 Å². The normalized spacial score (nSPS) is 16.8. The molecule has 5 heteroatoms. The van der Waals surface area contributed by atoms with E-state index in [9.17, 15) is 9.59 Å². The number of imide groups is 1. The number of anilines is 1. The van der Waals surface area contributed by atoms with Crippen LogP contribution in [0.5, 0.6) is 0 Å². The number of nitrogens with zero attached hydrogens (tertiary/aromatic N) is 2. The summed E-state index contributed by atoms with van der Waals surface area (Å²) in [6, 6.07) is 7.68. The van der Waals surface area contributed by atoms with Gasteiger partial charge in [-0.1, -0.05) is 29.3 Å². The van der Waals surface area contributed by atoms with Gasteiger partial charge in [0.1, 0.15) is 0 Å². The molecule has 2 heterocycles. The third-order valence-electron chi connectivity index (χ3n) is 4.97. The van der Waals surface area contributed by atoms with E-state index >= 15 is 0 Å². The third kappa shape index (κ3) is 2.18. The lowest BCUT2D eigenvalue weighted by molar-refractivity contribution is 0.0608. The summed E-state index contributed by atoms with van der Waals surface area (Å²) in [6.07, 6.45) is 2.97. The zero-order chi connectivity index (χ0) is 16.8. The van der Waals surface area contributed by atoms with Crippen molar-refractivity contribution in [3.63, 3.8) is 0 Å². The molecule has 24 heavy (non-hydrogen) atoms. The van der Waals surface area contributed by atoms with Gasteiger partial charge in [-0.05, 0) is 37.1 Å². The lowest BCUT2D eigenvalue weighted by atomic mass is 9.92. The van der Waals surface area contributed by atoms with E-state index in [4.69, 9.17) is 0 Å². The highest BCUT2D eigenvalue weighted by molar-refractivity contribution is 9.10. The molecule has 2 amide bonds. The minimum atomic E-state index is -0.167. The van der Waals surface area contributed by atoms with Gasteiger partial charge >= 0.3 is 0 Å². The fourth-order valence-corrected chi connectivity index (χ4v) is 4.05. The molecule has 2 aliphatic rings. The Morgan fingerprint density at radius 3 is 2.25 bits per heavy atom. The summed E-state index contributed by atoms with van der Waals surface area (Å²) in [7, 11) is 0. The van der Waals surface area contributed by atoms with E-state index in [1.165, 1.54) is 11.3 Å². The monoisotopic (exact) mass is 386 g/mol. The van der Waals surface area contributed by atoms with E-state index in [0.29, 0.717) is 17.7 Å². The molecule has 0 radical (unpaired) electrons. The quantitative estimate of drug-likeness (QED) is 0.738. The van der Waals surface area contributed by atoms with E-state index < -0.39 is 0 Å². The van der Waals surface area contributed by atoms with Crippen LogP contribution >= 0.6 is 15.9 Å². The van der Waals surface area contributed by atoms with Crippen molar-refractivity contribution in [2.24, 2.45) is 0 Å².